The largest absolute Gasteiger partial charge is 0.493 e. The van der Waals surface area contributed by atoms with E-state index in [1.54, 1.807) is 18.3 Å². The Balaban J connectivity index is 1.79. The van der Waals surface area contributed by atoms with Gasteiger partial charge in [-0.25, -0.2) is 0 Å². The summed E-state index contributed by atoms with van der Waals surface area (Å²) < 4.78 is 12.3. The van der Waals surface area contributed by atoms with Crippen molar-refractivity contribution in [3.05, 3.63) is 68.6 Å². The van der Waals surface area contributed by atoms with E-state index in [1.165, 1.54) is 18.8 Å². The lowest BCUT2D eigenvalue weighted by atomic mass is 10.0. The summed E-state index contributed by atoms with van der Waals surface area (Å²) in [5.41, 5.74) is 2.49. The zero-order valence-corrected chi connectivity index (χ0v) is 17.9. The van der Waals surface area contributed by atoms with E-state index in [0.717, 1.165) is 24.0 Å². The first-order valence-electron chi connectivity index (χ1n) is 9.85. The molecule has 1 aromatic heterocycles. The van der Waals surface area contributed by atoms with Gasteiger partial charge in [-0.1, -0.05) is 17.7 Å². The molecule has 1 atom stereocenters. The normalized spacial score (nSPS) is 15.1. The van der Waals surface area contributed by atoms with Gasteiger partial charge in [-0.3, -0.25) is 9.59 Å². The molecule has 0 spiro atoms. The molecule has 2 aromatic carbocycles. The topological polar surface area (TPSA) is 69.6 Å². The minimum Gasteiger partial charge on any atom is -0.493 e. The second kappa shape index (κ2) is 8.03. The highest BCUT2D eigenvalue weighted by Gasteiger charge is 2.26. The SMILES string of the molecule is CCn1cc(C(=O)NC2CCc3cc(Cl)ccc32)c2cc(OC)c(OC)cc2c1=O. The van der Waals surface area contributed by atoms with Crippen LogP contribution in [0.2, 0.25) is 5.02 Å². The van der Waals surface area contributed by atoms with Crippen LogP contribution in [0.5, 0.6) is 11.5 Å². The van der Waals surface area contributed by atoms with Gasteiger partial charge in [0.15, 0.2) is 11.5 Å². The number of hydrogen-bond donors (Lipinski definition) is 1. The van der Waals surface area contributed by atoms with E-state index in [9.17, 15) is 9.59 Å². The molecule has 1 amide bonds. The van der Waals surface area contributed by atoms with Crippen LogP contribution in [-0.4, -0.2) is 24.7 Å². The second-order valence-corrected chi connectivity index (χ2v) is 7.73. The van der Waals surface area contributed by atoms with Crippen LogP contribution in [0.3, 0.4) is 0 Å². The first-order chi connectivity index (χ1) is 14.5. The summed E-state index contributed by atoms with van der Waals surface area (Å²) in [6, 6.07) is 8.98. The molecule has 156 valence electrons. The maximum atomic E-state index is 13.3. The highest BCUT2D eigenvalue weighted by Crippen LogP contribution is 2.35. The number of pyridine rings is 1. The van der Waals surface area contributed by atoms with Crippen LogP contribution in [0, 0.1) is 0 Å². The fraction of sp³-hybridized carbons (Fsp3) is 0.304. The van der Waals surface area contributed by atoms with Crippen molar-refractivity contribution in [3.63, 3.8) is 0 Å². The average Bonchev–Trinajstić information content (AvgIpc) is 3.14. The molecule has 0 saturated carbocycles. The average molecular weight is 427 g/mol. The van der Waals surface area contributed by atoms with Crippen LogP contribution in [0.1, 0.15) is 40.9 Å². The van der Waals surface area contributed by atoms with Crippen molar-refractivity contribution in [2.24, 2.45) is 0 Å². The number of amides is 1. The van der Waals surface area contributed by atoms with Crippen LogP contribution >= 0.6 is 11.6 Å². The van der Waals surface area contributed by atoms with Crippen molar-refractivity contribution in [2.75, 3.05) is 14.2 Å². The van der Waals surface area contributed by atoms with Gasteiger partial charge in [0.25, 0.3) is 11.5 Å². The maximum absolute atomic E-state index is 13.3. The van der Waals surface area contributed by atoms with Crippen LogP contribution in [0.25, 0.3) is 10.8 Å². The lowest BCUT2D eigenvalue weighted by molar-refractivity contribution is 0.0937. The summed E-state index contributed by atoms with van der Waals surface area (Å²) >= 11 is 6.10. The van der Waals surface area contributed by atoms with Crippen LogP contribution in [0.4, 0.5) is 0 Å². The quantitative estimate of drug-likeness (QED) is 0.666. The van der Waals surface area contributed by atoms with Gasteiger partial charge >= 0.3 is 0 Å². The highest BCUT2D eigenvalue weighted by atomic mass is 35.5. The Bertz CT molecular complexity index is 1200. The zero-order chi connectivity index (χ0) is 21.4. The van der Waals surface area contributed by atoms with Gasteiger partial charge in [-0.05, 0) is 55.2 Å². The molecule has 4 rings (SSSR count). The van der Waals surface area contributed by atoms with Crippen molar-refractivity contribution < 1.29 is 14.3 Å². The van der Waals surface area contributed by atoms with Gasteiger partial charge in [0.2, 0.25) is 0 Å². The summed E-state index contributed by atoms with van der Waals surface area (Å²) in [4.78, 5) is 26.2. The van der Waals surface area contributed by atoms with Gasteiger partial charge in [0.1, 0.15) is 0 Å². The van der Waals surface area contributed by atoms with Crippen LogP contribution < -0.4 is 20.3 Å². The monoisotopic (exact) mass is 426 g/mol. The van der Waals surface area contributed by atoms with E-state index in [0.29, 0.717) is 39.4 Å². The summed E-state index contributed by atoms with van der Waals surface area (Å²) in [7, 11) is 3.04. The molecule has 1 aliphatic carbocycles. The number of carbonyl (C=O) groups excluding carboxylic acids is 1. The first-order valence-corrected chi connectivity index (χ1v) is 10.2. The number of methoxy groups -OCH3 is 2. The van der Waals surface area contributed by atoms with Crippen LogP contribution in [-0.2, 0) is 13.0 Å². The molecular weight excluding hydrogens is 404 g/mol. The molecule has 7 heteroatoms. The molecule has 1 N–H and O–H groups in total. The molecule has 6 nitrogen and oxygen atoms in total. The number of nitrogens with zero attached hydrogens (tertiary/aromatic N) is 1. The first kappa shape index (κ1) is 20.3. The van der Waals surface area contributed by atoms with Crippen molar-refractivity contribution in [3.8, 4) is 11.5 Å². The number of fused-ring (bicyclic) bond motifs is 2. The lowest BCUT2D eigenvalue weighted by Crippen LogP contribution is -2.30. The van der Waals surface area contributed by atoms with E-state index in [2.05, 4.69) is 5.32 Å². The number of ether oxygens (including phenoxy) is 2. The standard InChI is InChI=1S/C23H23ClN2O4/c1-4-26-12-18(16-10-20(29-2)21(30-3)11-17(16)23(26)28)22(27)25-19-8-5-13-9-14(24)6-7-15(13)19/h6-7,9-12,19H,4-5,8H2,1-3H3,(H,25,27). The van der Waals surface area contributed by atoms with E-state index >= 15 is 0 Å². The Morgan fingerprint density at radius 3 is 2.53 bits per heavy atom. The number of aromatic nitrogens is 1. The molecular formula is C23H23ClN2O4. The second-order valence-electron chi connectivity index (χ2n) is 7.29. The third-order valence-electron chi connectivity index (χ3n) is 5.66. The Morgan fingerprint density at radius 1 is 1.17 bits per heavy atom. The van der Waals surface area contributed by atoms with Crippen molar-refractivity contribution in [2.45, 2.75) is 32.4 Å². The summed E-state index contributed by atoms with van der Waals surface area (Å²) in [5.74, 6) is 0.680. The molecule has 30 heavy (non-hydrogen) atoms. The lowest BCUT2D eigenvalue weighted by Gasteiger charge is -2.17. The fourth-order valence-electron chi connectivity index (χ4n) is 4.11. The summed E-state index contributed by atoms with van der Waals surface area (Å²) in [6.45, 7) is 2.32. The summed E-state index contributed by atoms with van der Waals surface area (Å²) in [5, 5.41) is 4.78. The number of halogens is 1. The third kappa shape index (κ3) is 3.41. The number of hydrogen-bond acceptors (Lipinski definition) is 4. The number of nitrogens with one attached hydrogen (secondary N) is 1. The maximum Gasteiger partial charge on any atom is 0.258 e. The van der Waals surface area contributed by atoms with Crippen LogP contribution in [0.15, 0.2) is 41.3 Å². The Labute approximate surface area is 179 Å². The van der Waals surface area contributed by atoms with Crippen molar-refractivity contribution >= 4 is 28.3 Å². The predicted octanol–water partition coefficient (Wildman–Crippen LogP) is 4.11. The van der Waals surface area contributed by atoms with E-state index in [1.807, 2.05) is 25.1 Å². The van der Waals surface area contributed by atoms with Gasteiger partial charge in [0.05, 0.1) is 31.2 Å². The molecule has 1 aliphatic rings. The molecule has 0 saturated heterocycles. The minimum atomic E-state index is -0.234. The molecule has 1 heterocycles. The minimum absolute atomic E-state index is 0.0954. The number of aryl methyl sites for hydroxylation is 2. The van der Waals surface area contributed by atoms with Gasteiger partial charge in [-0.2, -0.15) is 0 Å². The zero-order valence-electron chi connectivity index (χ0n) is 17.1. The molecule has 0 bridgehead atoms. The molecule has 1 unspecified atom stereocenters. The molecule has 3 aromatic rings. The Kier molecular flexibility index (Phi) is 5.43. The van der Waals surface area contributed by atoms with E-state index < -0.39 is 0 Å². The number of benzene rings is 2. The smallest absolute Gasteiger partial charge is 0.258 e. The van der Waals surface area contributed by atoms with E-state index in [4.69, 9.17) is 21.1 Å². The third-order valence-corrected chi connectivity index (χ3v) is 5.90. The molecule has 0 radical (unpaired) electrons. The van der Waals surface area contributed by atoms with Crippen molar-refractivity contribution in [1.82, 2.24) is 9.88 Å². The van der Waals surface area contributed by atoms with Gasteiger partial charge in [0, 0.05) is 23.2 Å². The fourth-order valence-corrected chi connectivity index (χ4v) is 4.30. The highest BCUT2D eigenvalue weighted by molar-refractivity contribution is 6.30. The Hall–Kier alpha value is -2.99. The summed E-state index contributed by atoms with van der Waals surface area (Å²) in [6.07, 6.45) is 3.29. The van der Waals surface area contributed by atoms with Gasteiger partial charge in [-0.15, -0.1) is 0 Å². The van der Waals surface area contributed by atoms with Crippen molar-refractivity contribution in [1.29, 1.82) is 0 Å². The predicted molar refractivity (Wildman–Crippen MR) is 117 cm³/mol. The Morgan fingerprint density at radius 2 is 1.87 bits per heavy atom. The number of rotatable bonds is 5. The number of carbonyl (C=O) groups is 1. The van der Waals surface area contributed by atoms with Gasteiger partial charge < -0.3 is 19.4 Å². The molecule has 0 aliphatic heterocycles. The van der Waals surface area contributed by atoms with E-state index in [-0.39, 0.29) is 17.5 Å². The molecule has 0 fully saturated rings.